The van der Waals surface area contributed by atoms with E-state index in [4.69, 9.17) is 0 Å². The van der Waals surface area contributed by atoms with Gasteiger partial charge in [-0.15, -0.1) is 5.76 Å². The molecule has 1 nitrogen and oxygen atoms in total. The molecule has 0 saturated heterocycles. The van der Waals surface area contributed by atoms with Gasteiger partial charge >= 0.3 is 0 Å². The molecule has 0 aromatic rings. The van der Waals surface area contributed by atoms with E-state index in [1.807, 2.05) is 0 Å². The van der Waals surface area contributed by atoms with E-state index in [0.29, 0.717) is 5.76 Å². The van der Waals surface area contributed by atoms with E-state index in [1.165, 1.54) is 6.42 Å². The topological polar surface area (TPSA) is 23.1 Å². The Balaban J connectivity index is 2.40. The summed E-state index contributed by atoms with van der Waals surface area (Å²) in [5, 5.41) is 10.4. The fourth-order valence-electron chi connectivity index (χ4n) is 0.809. The molecule has 0 spiro atoms. The van der Waals surface area contributed by atoms with Crippen LogP contribution in [0.5, 0.6) is 0 Å². The molecule has 0 unspecified atom stereocenters. The van der Waals surface area contributed by atoms with Gasteiger partial charge in [0.25, 0.3) is 0 Å². The summed E-state index contributed by atoms with van der Waals surface area (Å²) in [6.45, 7) is 0. The minimum Gasteiger partial charge on any atom is -0.876 e. The van der Waals surface area contributed by atoms with Gasteiger partial charge in [-0.05, 0) is 19.3 Å². The smallest absolute Gasteiger partial charge is 0.0357 e. The summed E-state index contributed by atoms with van der Waals surface area (Å²) in [5.41, 5.74) is 0. The van der Waals surface area contributed by atoms with Crippen molar-refractivity contribution in [3.8, 4) is 0 Å². The van der Waals surface area contributed by atoms with Gasteiger partial charge in [-0.3, -0.25) is 0 Å². The first-order valence-corrected chi connectivity index (χ1v) is 2.75. The molecule has 0 amide bonds. The number of hydrogen-bond acceptors (Lipinski definition) is 1. The Kier molecular flexibility index (Phi) is 1.35. The highest BCUT2D eigenvalue weighted by Gasteiger charge is 1.91. The normalized spacial score (nSPS) is 21.4. The molecule has 0 saturated carbocycles. The highest BCUT2D eigenvalue weighted by molar-refractivity contribution is 4.92. The standard InChI is InChI=1S/C6H10O/c7-6-4-2-1-3-5-6/h4,7H,1-3,5H2/p-1. The summed E-state index contributed by atoms with van der Waals surface area (Å²) in [6, 6.07) is 0. The van der Waals surface area contributed by atoms with Crippen LogP contribution in [0.15, 0.2) is 11.8 Å². The van der Waals surface area contributed by atoms with Crippen molar-refractivity contribution in [1.82, 2.24) is 0 Å². The van der Waals surface area contributed by atoms with Gasteiger partial charge in [0.15, 0.2) is 0 Å². The second-order valence-corrected chi connectivity index (χ2v) is 1.92. The van der Waals surface area contributed by atoms with Crippen LogP contribution in [-0.4, -0.2) is 0 Å². The fraction of sp³-hybridized carbons (Fsp3) is 0.667. The molecule has 1 heteroatoms. The maximum absolute atomic E-state index is 10.4. The fourth-order valence-corrected chi connectivity index (χ4v) is 0.809. The molecule has 0 radical (unpaired) electrons. The van der Waals surface area contributed by atoms with Gasteiger partial charge in [0.2, 0.25) is 0 Å². The van der Waals surface area contributed by atoms with Crippen LogP contribution in [-0.2, 0) is 0 Å². The Hall–Kier alpha value is -0.460. The molecule has 40 valence electrons. The summed E-state index contributed by atoms with van der Waals surface area (Å²) in [5.74, 6) is 0.339. The van der Waals surface area contributed by atoms with E-state index in [2.05, 4.69) is 0 Å². The minimum absolute atomic E-state index is 0.339. The average Bonchev–Trinajstić information content (AvgIpc) is 1.69. The van der Waals surface area contributed by atoms with Crippen LogP contribution in [0.4, 0.5) is 0 Å². The van der Waals surface area contributed by atoms with Crippen LogP contribution >= 0.6 is 0 Å². The largest absolute Gasteiger partial charge is 0.876 e. The third-order valence-corrected chi connectivity index (χ3v) is 1.25. The summed E-state index contributed by atoms with van der Waals surface area (Å²) in [6.07, 6.45) is 5.92. The van der Waals surface area contributed by atoms with Crippen molar-refractivity contribution in [3.63, 3.8) is 0 Å². The van der Waals surface area contributed by atoms with Crippen molar-refractivity contribution in [2.75, 3.05) is 0 Å². The predicted octanol–water partition coefficient (Wildman–Crippen LogP) is 0.805. The number of rotatable bonds is 0. The first-order valence-electron chi connectivity index (χ1n) is 2.75. The van der Waals surface area contributed by atoms with Crippen molar-refractivity contribution < 1.29 is 5.11 Å². The Bertz CT molecular complexity index is 84.2. The molecule has 1 aliphatic rings. The van der Waals surface area contributed by atoms with Crippen molar-refractivity contribution in [2.24, 2.45) is 0 Å². The monoisotopic (exact) mass is 97.1 g/mol. The van der Waals surface area contributed by atoms with E-state index in [1.54, 1.807) is 6.08 Å². The van der Waals surface area contributed by atoms with E-state index in [-0.39, 0.29) is 0 Å². The number of allylic oxidation sites excluding steroid dienone is 2. The third-order valence-electron chi connectivity index (χ3n) is 1.25. The van der Waals surface area contributed by atoms with Gasteiger partial charge in [0.05, 0.1) is 0 Å². The molecule has 0 heterocycles. The quantitative estimate of drug-likeness (QED) is 0.438. The molecule has 0 N–H and O–H groups in total. The lowest BCUT2D eigenvalue weighted by Crippen LogP contribution is -2.05. The maximum atomic E-state index is 10.4. The predicted molar refractivity (Wildman–Crippen MR) is 26.6 cm³/mol. The highest BCUT2D eigenvalue weighted by atomic mass is 16.3. The lowest BCUT2D eigenvalue weighted by Gasteiger charge is -2.15. The highest BCUT2D eigenvalue weighted by Crippen LogP contribution is 2.11. The van der Waals surface area contributed by atoms with Crippen LogP contribution in [0.3, 0.4) is 0 Å². The SMILES string of the molecule is [O-]C1=CCCCC1. The van der Waals surface area contributed by atoms with Gasteiger partial charge in [0.1, 0.15) is 0 Å². The van der Waals surface area contributed by atoms with E-state index < -0.39 is 0 Å². The zero-order valence-electron chi connectivity index (χ0n) is 4.31. The van der Waals surface area contributed by atoms with Crippen molar-refractivity contribution in [2.45, 2.75) is 25.7 Å². The average molecular weight is 97.1 g/mol. The molecular formula is C6H9O-. The first-order chi connectivity index (χ1) is 3.39. The second-order valence-electron chi connectivity index (χ2n) is 1.92. The van der Waals surface area contributed by atoms with Crippen LogP contribution in [0.2, 0.25) is 0 Å². The van der Waals surface area contributed by atoms with E-state index in [9.17, 15) is 5.11 Å². The molecule has 1 rings (SSSR count). The van der Waals surface area contributed by atoms with Gasteiger partial charge in [-0.25, -0.2) is 0 Å². The molecule has 0 aliphatic heterocycles. The second kappa shape index (κ2) is 2.01. The van der Waals surface area contributed by atoms with Gasteiger partial charge in [0, 0.05) is 0 Å². The molecule has 0 atom stereocenters. The molecule has 1 aliphatic carbocycles. The lowest BCUT2D eigenvalue weighted by molar-refractivity contribution is -0.308. The van der Waals surface area contributed by atoms with Crippen LogP contribution in [0.1, 0.15) is 25.7 Å². The molecule has 0 fully saturated rings. The summed E-state index contributed by atoms with van der Waals surface area (Å²) in [7, 11) is 0. The molecular weight excluding hydrogens is 88.1 g/mol. The van der Waals surface area contributed by atoms with Gasteiger partial charge < -0.3 is 5.11 Å². The van der Waals surface area contributed by atoms with E-state index >= 15 is 0 Å². The van der Waals surface area contributed by atoms with Crippen LogP contribution in [0.25, 0.3) is 0 Å². The third kappa shape index (κ3) is 1.22. The maximum Gasteiger partial charge on any atom is -0.0357 e. The minimum atomic E-state index is 0.339. The Morgan fingerprint density at radius 2 is 2.29 bits per heavy atom. The first kappa shape index (κ1) is 4.69. The Labute approximate surface area is 43.7 Å². The number of hydrogen-bond donors (Lipinski definition) is 0. The van der Waals surface area contributed by atoms with E-state index in [0.717, 1.165) is 19.3 Å². The molecule has 0 aromatic carbocycles. The summed E-state index contributed by atoms with van der Waals surface area (Å²) in [4.78, 5) is 0. The van der Waals surface area contributed by atoms with Crippen LogP contribution in [0, 0.1) is 0 Å². The van der Waals surface area contributed by atoms with Crippen LogP contribution < -0.4 is 5.11 Å². The Morgan fingerprint density at radius 3 is 2.57 bits per heavy atom. The summed E-state index contributed by atoms with van der Waals surface area (Å²) >= 11 is 0. The lowest BCUT2D eigenvalue weighted by atomic mass is 10.1. The van der Waals surface area contributed by atoms with Gasteiger partial charge in [-0.1, -0.05) is 12.5 Å². The molecule has 0 aromatic heterocycles. The van der Waals surface area contributed by atoms with Crippen molar-refractivity contribution >= 4 is 0 Å². The summed E-state index contributed by atoms with van der Waals surface area (Å²) < 4.78 is 0. The van der Waals surface area contributed by atoms with Crippen molar-refractivity contribution in [3.05, 3.63) is 11.8 Å². The molecule has 7 heavy (non-hydrogen) atoms. The molecule has 0 bridgehead atoms. The van der Waals surface area contributed by atoms with Gasteiger partial charge in [-0.2, -0.15) is 0 Å². The Morgan fingerprint density at radius 1 is 1.43 bits per heavy atom. The zero-order valence-corrected chi connectivity index (χ0v) is 4.31. The zero-order chi connectivity index (χ0) is 5.11. The van der Waals surface area contributed by atoms with Crippen molar-refractivity contribution in [1.29, 1.82) is 0 Å².